The predicted octanol–water partition coefficient (Wildman–Crippen LogP) is 1.14. The van der Waals surface area contributed by atoms with Crippen LogP contribution in [0.2, 0.25) is 0 Å². The van der Waals surface area contributed by atoms with Crippen LogP contribution in [0, 0.1) is 0 Å². The third-order valence-electron chi connectivity index (χ3n) is 4.81. The van der Waals surface area contributed by atoms with Crippen molar-refractivity contribution in [2.45, 2.75) is 16.3 Å². The fraction of sp³-hybridized carbons (Fsp3) is 0.400. The molecule has 0 aliphatic carbocycles. The van der Waals surface area contributed by atoms with Gasteiger partial charge in [-0.2, -0.15) is 5.10 Å². The summed E-state index contributed by atoms with van der Waals surface area (Å²) in [6.07, 6.45) is 3.71. The van der Waals surface area contributed by atoms with E-state index >= 15 is 0 Å². The van der Waals surface area contributed by atoms with Crippen molar-refractivity contribution in [2.75, 3.05) is 51.3 Å². The van der Waals surface area contributed by atoms with Gasteiger partial charge in [0.25, 0.3) is 0 Å². The zero-order chi connectivity index (χ0) is 20.1. The summed E-state index contributed by atoms with van der Waals surface area (Å²) in [5.41, 5.74) is 4.24. The fourth-order valence-corrected chi connectivity index (χ4v) is 4.64. The molecule has 2 aromatic heterocycles. The Morgan fingerprint density at radius 2 is 1.79 bits per heavy atom. The molecule has 0 saturated heterocycles. The van der Waals surface area contributed by atoms with Crippen molar-refractivity contribution in [3.05, 3.63) is 30.6 Å². The highest BCUT2D eigenvalue weighted by atomic mass is 32.2. The quantitative estimate of drug-likeness (QED) is 0.233. The van der Waals surface area contributed by atoms with Gasteiger partial charge in [0, 0.05) is 71.5 Å². The molecule has 0 atom stereocenters. The molecular weight excluding hydrogens is 388 g/mol. The second-order valence-corrected chi connectivity index (χ2v) is 7.81. The van der Waals surface area contributed by atoms with Crippen molar-refractivity contribution < 1.29 is 10.2 Å². The summed E-state index contributed by atoms with van der Waals surface area (Å²) in [7, 11) is 0. The summed E-state index contributed by atoms with van der Waals surface area (Å²) in [4.78, 5) is 6.65. The maximum absolute atomic E-state index is 8.96. The Kier molecular flexibility index (Phi) is 6.63. The van der Waals surface area contributed by atoms with Crippen LogP contribution in [0.4, 0.5) is 5.69 Å². The highest BCUT2D eigenvalue weighted by molar-refractivity contribution is 8.00. The largest absolute Gasteiger partial charge is 0.395 e. The van der Waals surface area contributed by atoms with E-state index in [0.717, 1.165) is 58.9 Å². The van der Waals surface area contributed by atoms with Crippen molar-refractivity contribution in [3.8, 4) is 11.3 Å². The number of aliphatic hydroxyl groups excluding tert-OH is 2. The molecule has 0 saturated carbocycles. The summed E-state index contributed by atoms with van der Waals surface area (Å²) in [5.74, 6) is 0. The van der Waals surface area contributed by atoms with Gasteiger partial charge in [-0.25, -0.2) is 0 Å². The highest BCUT2D eigenvalue weighted by Crippen LogP contribution is 2.49. The van der Waals surface area contributed by atoms with Gasteiger partial charge in [0.05, 0.1) is 25.3 Å². The van der Waals surface area contributed by atoms with Gasteiger partial charge in [-0.1, -0.05) is 11.8 Å². The minimum atomic E-state index is 0.132. The molecule has 5 N–H and O–H groups in total. The number of nitrogens with one attached hydrogen (secondary N) is 3. The number of aliphatic hydroxyl groups is 2. The van der Waals surface area contributed by atoms with Crippen molar-refractivity contribution >= 4 is 28.4 Å². The van der Waals surface area contributed by atoms with Gasteiger partial charge in [-0.15, -0.1) is 0 Å². The highest BCUT2D eigenvalue weighted by Gasteiger charge is 2.26. The molecule has 1 aliphatic heterocycles. The standard InChI is InChI=1S/C20H26N6O2S/c27-11-8-21-5-6-24-15-1-2-16-18-19(25-26(16)10-7-22-9-12-28)14-13-23-4-3-17(14)29-20(15)18/h1-4,13,21-22,24,27-28H,5-12H2. The van der Waals surface area contributed by atoms with E-state index in [2.05, 4.69) is 33.1 Å². The average Bonchev–Trinajstić information content (AvgIpc) is 3.12. The van der Waals surface area contributed by atoms with Crippen LogP contribution in [-0.4, -0.2) is 70.9 Å². The third kappa shape index (κ3) is 4.24. The van der Waals surface area contributed by atoms with Crippen molar-refractivity contribution in [1.29, 1.82) is 0 Å². The lowest BCUT2D eigenvalue weighted by Crippen LogP contribution is -2.25. The Morgan fingerprint density at radius 1 is 0.966 bits per heavy atom. The lowest BCUT2D eigenvalue weighted by molar-refractivity contribution is 0.291. The second-order valence-electron chi connectivity index (χ2n) is 6.76. The van der Waals surface area contributed by atoms with Gasteiger partial charge < -0.3 is 26.2 Å². The van der Waals surface area contributed by atoms with Gasteiger partial charge in [-0.05, 0) is 18.2 Å². The van der Waals surface area contributed by atoms with Gasteiger partial charge in [-0.3, -0.25) is 9.67 Å². The van der Waals surface area contributed by atoms with Crippen LogP contribution in [0.15, 0.2) is 40.4 Å². The number of rotatable bonds is 11. The number of hydrogen-bond acceptors (Lipinski definition) is 8. The first kappa shape index (κ1) is 20.1. The molecule has 4 rings (SSSR count). The normalized spacial score (nSPS) is 12.3. The van der Waals surface area contributed by atoms with Crippen LogP contribution in [-0.2, 0) is 6.54 Å². The smallest absolute Gasteiger partial charge is 0.104 e. The first-order chi connectivity index (χ1) is 14.3. The maximum Gasteiger partial charge on any atom is 0.104 e. The van der Waals surface area contributed by atoms with Crippen LogP contribution >= 0.6 is 11.8 Å². The molecule has 29 heavy (non-hydrogen) atoms. The van der Waals surface area contributed by atoms with E-state index in [4.69, 9.17) is 15.3 Å². The predicted molar refractivity (Wildman–Crippen MR) is 115 cm³/mol. The fourth-order valence-electron chi connectivity index (χ4n) is 3.48. The summed E-state index contributed by atoms with van der Waals surface area (Å²) in [6.45, 7) is 4.50. The first-order valence-electron chi connectivity index (χ1n) is 9.86. The average molecular weight is 415 g/mol. The van der Waals surface area contributed by atoms with Gasteiger partial charge >= 0.3 is 0 Å². The molecule has 8 nitrogen and oxygen atoms in total. The van der Waals surface area contributed by atoms with E-state index in [9.17, 15) is 0 Å². The number of benzene rings is 1. The molecule has 3 aromatic rings. The summed E-state index contributed by atoms with van der Waals surface area (Å²) in [5, 5.41) is 33.8. The molecular formula is C20H26N6O2S. The van der Waals surface area contributed by atoms with Gasteiger partial charge in [0.15, 0.2) is 0 Å². The summed E-state index contributed by atoms with van der Waals surface area (Å²) in [6, 6.07) is 6.27. The van der Waals surface area contributed by atoms with Crippen LogP contribution in [0.25, 0.3) is 22.2 Å². The number of nitrogens with zero attached hydrogens (tertiary/aromatic N) is 3. The van der Waals surface area contributed by atoms with Crippen LogP contribution in [0.5, 0.6) is 0 Å². The van der Waals surface area contributed by atoms with Crippen molar-refractivity contribution in [2.24, 2.45) is 0 Å². The van der Waals surface area contributed by atoms with Crippen molar-refractivity contribution in [1.82, 2.24) is 25.4 Å². The van der Waals surface area contributed by atoms with E-state index in [1.54, 1.807) is 11.8 Å². The summed E-state index contributed by atoms with van der Waals surface area (Å²) < 4.78 is 2.04. The maximum atomic E-state index is 8.96. The Balaban J connectivity index is 1.66. The first-order valence-corrected chi connectivity index (χ1v) is 10.7. The Hall–Kier alpha value is -2.17. The Bertz CT molecular complexity index is 977. The molecule has 3 heterocycles. The Morgan fingerprint density at radius 3 is 2.62 bits per heavy atom. The molecule has 0 fully saturated rings. The lowest BCUT2D eigenvalue weighted by atomic mass is 10.1. The van der Waals surface area contributed by atoms with Crippen molar-refractivity contribution in [3.63, 3.8) is 0 Å². The molecule has 9 heteroatoms. The second kappa shape index (κ2) is 9.55. The molecule has 1 aromatic carbocycles. The van der Waals surface area contributed by atoms with Crippen LogP contribution < -0.4 is 16.0 Å². The molecule has 0 amide bonds. The minimum Gasteiger partial charge on any atom is -0.395 e. The van der Waals surface area contributed by atoms with Gasteiger partial charge in [0.2, 0.25) is 0 Å². The third-order valence-corrected chi connectivity index (χ3v) is 6.02. The molecule has 0 unspecified atom stereocenters. The molecule has 1 aliphatic rings. The van der Waals surface area contributed by atoms with Gasteiger partial charge in [0.1, 0.15) is 5.69 Å². The van der Waals surface area contributed by atoms with E-state index in [-0.39, 0.29) is 13.2 Å². The van der Waals surface area contributed by atoms with Crippen LogP contribution in [0.1, 0.15) is 0 Å². The summed E-state index contributed by atoms with van der Waals surface area (Å²) >= 11 is 1.75. The van der Waals surface area contributed by atoms with E-state index in [1.807, 2.05) is 23.1 Å². The van der Waals surface area contributed by atoms with E-state index < -0.39 is 0 Å². The molecule has 0 spiro atoms. The zero-order valence-electron chi connectivity index (χ0n) is 16.2. The monoisotopic (exact) mass is 414 g/mol. The molecule has 0 bridgehead atoms. The van der Waals surface area contributed by atoms with Crippen LogP contribution in [0.3, 0.4) is 0 Å². The molecule has 0 radical (unpaired) electrons. The number of hydrogen-bond donors (Lipinski definition) is 5. The number of pyridine rings is 1. The van der Waals surface area contributed by atoms with E-state index in [0.29, 0.717) is 13.1 Å². The molecule has 154 valence electrons. The lowest BCUT2D eigenvalue weighted by Gasteiger charge is -2.18. The minimum absolute atomic E-state index is 0.132. The van der Waals surface area contributed by atoms with E-state index in [1.165, 1.54) is 4.90 Å². The zero-order valence-corrected chi connectivity index (χ0v) is 17.0. The topological polar surface area (TPSA) is 107 Å². The number of anilines is 1. The Labute approximate surface area is 173 Å². The number of fused-ring (bicyclic) bond motifs is 2. The number of aromatic nitrogens is 3. The SMILES string of the molecule is OCCNCCNc1ccc2c3c(nn2CCNCCO)-c2cnccc2Sc13.